The van der Waals surface area contributed by atoms with E-state index in [0.29, 0.717) is 28.0 Å². The molecule has 0 radical (unpaired) electrons. The number of hydrogen-bond donors (Lipinski definition) is 1. The van der Waals surface area contributed by atoms with Crippen LogP contribution in [0.4, 0.5) is 26.3 Å². The van der Waals surface area contributed by atoms with Crippen LogP contribution in [-0.4, -0.2) is 37.1 Å². The number of rotatable bonds is 9. The van der Waals surface area contributed by atoms with Gasteiger partial charge in [0.1, 0.15) is 5.76 Å². The summed E-state index contributed by atoms with van der Waals surface area (Å²) in [5.41, 5.74) is 4.43. The smallest absolute Gasteiger partial charge is 0.380 e. The first-order valence-electron chi connectivity index (χ1n) is 16.8. The number of alkyl halides is 6. The molecule has 0 amide bonds. The van der Waals surface area contributed by atoms with Crippen LogP contribution in [0.3, 0.4) is 0 Å². The summed E-state index contributed by atoms with van der Waals surface area (Å²) in [6, 6.07) is 30.2. The topological polar surface area (TPSA) is 29.5 Å². The number of allylic oxidation sites excluding steroid dienone is 7. The van der Waals surface area contributed by atoms with Gasteiger partial charge >= 0.3 is 17.8 Å². The van der Waals surface area contributed by atoms with Crippen LogP contribution in [-0.2, 0) is 4.74 Å². The maximum atomic E-state index is 15.8. The van der Waals surface area contributed by atoms with E-state index in [1.165, 1.54) is 19.3 Å². The molecular formula is C44H38F6O2S. The average molecular weight is 745 g/mol. The highest BCUT2D eigenvalue weighted by Gasteiger charge is 2.80. The van der Waals surface area contributed by atoms with Crippen LogP contribution >= 0.6 is 11.8 Å². The molecule has 0 spiro atoms. The molecule has 2 nitrogen and oxygen atoms in total. The standard InChI is InChI=1S/C43H34F6OS.CH4O/c1-5-51-39(34-20-18-32(19-21-34)30-12-8-28(3)9-13-30)25-23-37-40(42(46,47)43(48,49)41(37,44)45)36-26-35(22-24-38(36)50-4)33-16-14-31(15-17-33)29-10-6-27(2)7-11-29;1-2/h1,6-21,25-26H,22-24H2,2-4H3;2H,1H3/b39-25-;. The van der Waals surface area contributed by atoms with Gasteiger partial charge in [-0.15, -0.1) is 6.42 Å². The van der Waals surface area contributed by atoms with Crippen molar-refractivity contribution in [2.24, 2.45) is 0 Å². The van der Waals surface area contributed by atoms with E-state index < -0.39 is 40.9 Å². The minimum absolute atomic E-state index is 0.0583. The zero-order valence-corrected chi connectivity index (χ0v) is 30.4. The molecule has 4 aromatic rings. The number of hydrogen-bond acceptors (Lipinski definition) is 3. The predicted molar refractivity (Wildman–Crippen MR) is 204 cm³/mol. The molecule has 9 heteroatoms. The van der Waals surface area contributed by atoms with Crippen molar-refractivity contribution in [3.8, 4) is 33.9 Å². The van der Waals surface area contributed by atoms with Crippen LogP contribution in [0, 0.1) is 25.5 Å². The lowest BCUT2D eigenvalue weighted by Crippen LogP contribution is -2.49. The van der Waals surface area contributed by atoms with Crippen LogP contribution in [0.5, 0.6) is 0 Å². The van der Waals surface area contributed by atoms with E-state index in [2.05, 4.69) is 5.25 Å². The molecule has 53 heavy (non-hydrogen) atoms. The molecule has 1 N–H and O–H groups in total. The minimum Gasteiger partial charge on any atom is -0.500 e. The Kier molecular flexibility index (Phi) is 11.9. The summed E-state index contributed by atoms with van der Waals surface area (Å²) in [5.74, 6) is -16.1. The maximum absolute atomic E-state index is 15.8. The van der Waals surface area contributed by atoms with E-state index in [1.807, 2.05) is 86.6 Å². The van der Waals surface area contributed by atoms with Crippen molar-refractivity contribution in [1.82, 2.24) is 0 Å². The van der Waals surface area contributed by atoms with Gasteiger partial charge in [0.05, 0.1) is 7.11 Å². The van der Waals surface area contributed by atoms with Gasteiger partial charge in [-0.2, -0.15) is 26.3 Å². The van der Waals surface area contributed by atoms with Crippen molar-refractivity contribution >= 4 is 22.2 Å². The van der Waals surface area contributed by atoms with Crippen molar-refractivity contribution in [2.75, 3.05) is 14.2 Å². The monoisotopic (exact) mass is 744 g/mol. The fourth-order valence-electron chi connectivity index (χ4n) is 6.49. The van der Waals surface area contributed by atoms with Gasteiger partial charge in [0.25, 0.3) is 0 Å². The molecule has 0 aliphatic heterocycles. The number of benzene rings is 4. The second kappa shape index (κ2) is 16.0. The SMILES string of the molecule is C#CS/C(=C\CC1=C(C2=C(OC)CCC(c3ccc(-c4ccc(C)cc4)cc3)=C2)C(F)(F)C(F)(F)C1(F)F)c1ccc(-c2ccc(C)cc2)cc1.CO. The number of terminal acetylenes is 1. The Labute approximate surface area is 310 Å². The molecule has 2 aliphatic rings. The quantitative estimate of drug-likeness (QED) is 0.137. The average Bonchev–Trinajstić information content (AvgIpc) is 3.27. The molecule has 6 rings (SSSR count). The first kappa shape index (κ1) is 39.3. The summed E-state index contributed by atoms with van der Waals surface area (Å²) in [6.45, 7) is 3.96. The summed E-state index contributed by atoms with van der Waals surface area (Å²) in [5, 5.41) is 9.39. The molecule has 0 saturated carbocycles. The number of methoxy groups -OCH3 is 1. The summed E-state index contributed by atoms with van der Waals surface area (Å²) >= 11 is 0.854. The number of aliphatic hydroxyl groups is 1. The van der Waals surface area contributed by atoms with E-state index in [1.54, 1.807) is 24.3 Å². The van der Waals surface area contributed by atoms with Gasteiger partial charge in [0, 0.05) is 35.2 Å². The Bertz CT molecular complexity index is 2100. The third kappa shape index (κ3) is 7.62. The van der Waals surface area contributed by atoms with Gasteiger partial charge < -0.3 is 9.84 Å². The van der Waals surface area contributed by atoms with Crippen LogP contribution in [0.2, 0.25) is 0 Å². The molecule has 4 aromatic carbocycles. The zero-order valence-electron chi connectivity index (χ0n) is 29.6. The lowest BCUT2D eigenvalue weighted by atomic mass is 9.86. The van der Waals surface area contributed by atoms with E-state index in [9.17, 15) is 0 Å². The largest absolute Gasteiger partial charge is 0.500 e. The summed E-state index contributed by atoms with van der Waals surface area (Å²) < 4.78 is 98.6. The van der Waals surface area contributed by atoms with Gasteiger partial charge in [0.2, 0.25) is 0 Å². The zero-order chi connectivity index (χ0) is 38.6. The Morgan fingerprint density at radius 3 is 1.64 bits per heavy atom. The van der Waals surface area contributed by atoms with Gasteiger partial charge in [-0.25, -0.2) is 0 Å². The number of ether oxygens (including phenoxy) is 1. The van der Waals surface area contributed by atoms with Crippen LogP contribution in [0.1, 0.15) is 41.5 Å². The minimum atomic E-state index is -5.68. The molecule has 0 bridgehead atoms. The molecule has 0 unspecified atom stereocenters. The van der Waals surface area contributed by atoms with E-state index >= 15 is 26.3 Å². The van der Waals surface area contributed by atoms with Crippen molar-refractivity contribution in [3.63, 3.8) is 0 Å². The van der Waals surface area contributed by atoms with Gasteiger partial charge in [-0.3, -0.25) is 0 Å². The Morgan fingerprint density at radius 1 is 0.717 bits per heavy atom. The second-order valence-corrected chi connectivity index (χ2v) is 13.5. The highest BCUT2D eigenvalue weighted by molar-refractivity contribution is 8.12. The van der Waals surface area contributed by atoms with Crippen LogP contribution < -0.4 is 0 Å². The van der Waals surface area contributed by atoms with Gasteiger partial charge in [-0.1, -0.05) is 114 Å². The summed E-state index contributed by atoms with van der Waals surface area (Å²) in [6.07, 6.45) is 7.56. The lowest BCUT2D eigenvalue weighted by molar-refractivity contribution is -0.264. The molecular weight excluding hydrogens is 707 g/mol. The van der Waals surface area contributed by atoms with E-state index in [-0.39, 0.29) is 12.2 Å². The number of aliphatic hydroxyl groups excluding tert-OH is 1. The first-order chi connectivity index (χ1) is 25.3. The molecule has 0 aromatic heterocycles. The normalized spacial score (nSPS) is 17.5. The third-order valence-electron chi connectivity index (χ3n) is 9.39. The molecule has 0 atom stereocenters. The van der Waals surface area contributed by atoms with Crippen LogP contribution in [0.25, 0.3) is 32.7 Å². The Morgan fingerprint density at radius 2 is 1.17 bits per heavy atom. The number of aryl methyl sites for hydroxylation is 2. The maximum Gasteiger partial charge on any atom is 0.380 e. The van der Waals surface area contributed by atoms with E-state index in [4.69, 9.17) is 16.3 Å². The first-order valence-corrected chi connectivity index (χ1v) is 17.6. The fraction of sp³-hybridized carbons (Fsp3) is 0.227. The summed E-state index contributed by atoms with van der Waals surface area (Å²) in [7, 11) is 2.22. The molecule has 0 fully saturated rings. The molecule has 0 heterocycles. The highest BCUT2D eigenvalue weighted by atomic mass is 32.2. The third-order valence-corrected chi connectivity index (χ3v) is 10.1. The Balaban J connectivity index is 0.00000266. The van der Waals surface area contributed by atoms with Crippen molar-refractivity contribution in [3.05, 3.63) is 154 Å². The van der Waals surface area contributed by atoms with Gasteiger partial charge in [0.15, 0.2) is 0 Å². The van der Waals surface area contributed by atoms with Crippen molar-refractivity contribution in [2.45, 2.75) is 50.9 Å². The predicted octanol–water partition coefficient (Wildman–Crippen LogP) is 12.3. The Hall–Kier alpha value is -4.91. The number of halogens is 6. The number of thioether (sulfide) groups is 1. The highest BCUT2D eigenvalue weighted by Crippen LogP contribution is 2.62. The molecule has 0 saturated heterocycles. The van der Waals surface area contributed by atoms with E-state index in [0.717, 1.165) is 52.3 Å². The fourth-order valence-corrected chi connectivity index (χ4v) is 7.03. The van der Waals surface area contributed by atoms with Crippen LogP contribution in [0.15, 0.2) is 132 Å². The second-order valence-electron chi connectivity index (χ2n) is 12.7. The lowest BCUT2D eigenvalue weighted by Gasteiger charge is -2.27. The summed E-state index contributed by atoms with van der Waals surface area (Å²) in [4.78, 5) is 0.295. The molecule has 2 aliphatic carbocycles. The van der Waals surface area contributed by atoms with Gasteiger partial charge in [-0.05, 0) is 88.7 Å². The van der Waals surface area contributed by atoms with Crippen molar-refractivity contribution < 1.29 is 36.2 Å². The molecule has 274 valence electrons. The van der Waals surface area contributed by atoms with Crippen molar-refractivity contribution in [1.29, 1.82) is 0 Å².